The van der Waals surface area contributed by atoms with E-state index in [9.17, 15) is 13.2 Å². The molecule has 1 aromatic rings. The number of nitrogens with zero attached hydrogens (tertiary/aromatic N) is 1. The fourth-order valence-electron chi connectivity index (χ4n) is 2.08. The van der Waals surface area contributed by atoms with Crippen LogP contribution in [-0.2, 0) is 21.1 Å². The molecular formula is C12H17N3O3S. The second-order valence-corrected chi connectivity index (χ2v) is 7.10. The van der Waals surface area contributed by atoms with E-state index < -0.39 is 15.1 Å². The summed E-state index contributed by atoms with van der Waals surface area (Å²) in [6.07, 6.45) is 2.93. The van der Waals surface area contributed by atoms with Crippen molar-refractivity contribution in [3.05, 3.63) is 24.0 Å². The van der Waals surface area contributed by atoms with Crippen molar-refractivity contribution >= 4 is 21.4 Å². The van der Waals surface area contributed by atoms with Gasteiger partial charge in [0.05, 0.1) is 29.3 Å². The predicted molar refractivity (Wildman–Crippen MR) is 72.2 cm³/mol. The number of pyridine rings is 1. The van der Waals surface area contributed by atoms with Gasteiger partial charge in [-0.1, -0.05) is 0 Å². The Morgan fingerprint density at radius 2 is 2.26 bits per heavy atom. The average molecular weight is 283 g/mol. The van der Waals surface area contributed by atoms with Gasteiger partial charge >= 0.3 is 0 Å². The fraction of sp³-hybridized carbons (Fsp3) is 0.500. The predicted octanol–water partition coefficient (Wildman–Crippen LogP) is -0.100. The van der Waals surface area contributed by atoms with E-state index in [0.717, 1.165) is 0 Å². The summed E-state index contributed by atoms with van der Waals surface area (Å²) >= 11 is 0. The molecule has 2 rings (SSSR count). The Hall–Kier alpha value is -1.63. The molecule has 0 aliphatic carbocycles. The van der Waals surface area contributed by atoms with Crippen LogP contribution in [0.2, 0.25) is 0 Å². The average Bonchev–Trinajstić information content (AvgIpc) is 2.69. The smallest absolute Gasteiger partial charge is 0.226 e. The van der Waals surface area contributed by atoms with Crippen LogP contribution < -0.4 is 11.1 Å². The third-order valence-corrected chi connectivity index (χ3v) is 5.45. The molecule has 6 nitrogen and oxygen atoms in total. The molecule has 0 saturated carbocycles. The highest BCUT2D eigenvalue weighted by atomic mass is 32.2. The van der Waals surface area contributed by atoms with Gasteiger partial charge in [-0.3, -0.25) is 9.78 Å². The summed E-state index contributed by atoms with van der Waals surface area (Å²) < 4.78 is 23.2. The minimum Gasteiger partial charge on any atom is -0.397 e. The molecule has 19 heavy (non-hydrogen) atoms. The summed E-state index contributed by atoms with van der Waals surface area (Å²) in [4.78, 5) is 15.7. The zero-order chi connectivity index (χ0) is 13.9. The molecule has 0 aromatic carbocycles. The molecule has 0 spiro atoms. The zero-order valence-corrected chi connectivity index (χ0v) is 11.3. The van der Waals surface area contributed by atoms with Crippen LogP contribution >= 0.6 is 0 Å². The van der Waals surface area contributed by atoms with E-state index in [2.05, 4.69) is 10.3 Å². The van der Waals surface area contributed by atoms with Crippen LogP contribution in [0.4, 0.5) is 5.69 Å². The minimum atomic E-state index is -3.01. The molecule has 1 aliphatic rings. The Kier molecular flexibility index (Phi) is 4.04. The van der Waals surface area contributed by atoms with Gasteiger partial charge in [0.1, 0.15) is 0 Å². The topological polar surface area (TPSA) is 102 Å². The number of carbonyl (C=O) groups is 1. The molecule has 1 fully saturated rings. The second kappa shape index (κ2) is 5.56. The molecule has 1 unspecified atom stereocenters. The summed E-state index contributed by atoms with van der Waals surface area (Å²) in [5.74, 6) is 0.00642. The summed E-state index contributed by atoms with van der Waals surface area (Å²) in [5, 5.41) is 2.22. The third-order valence-electron chi connectivity index (χ3n) is 3.18. The van der Waals surface area contributed by atoms with Crippen LogP contribution in [0.15, 0.2) is 18.3 Å². The van der Waals surface area contributed by atoms with Crippen LogP contribution in [0, 0.1) is 0 Å². The number of carbonyl (C=O) groups excluding carboxylic acids is 1. The van der Waals surface area contributed by atoms with E-state index in [1.165, 1.54) is 6.20 Å². The number of anilines is 1. The zero-order valence-electron chi connectivity index (χ0n) is 10.5. The number of nitrogen functional groups attached to an aromatic ring is 1. The van der Waals surface area contributed by atoms with Crippen molar-refractivity contribution in [3.63, 3.8) is 0 Å². The Morgan fingerprint density at radius 1 is 1.47 bits per heavy atom. The van der Waals surface area contributed by atoms with Gasteiger partial charge in [0.2, 0.25) is 5.91 Å². The maximum Gasteiger partial charge on any atom is 0.226 e. The Balaban J connectivity index is 1.83. The Morgan fingerprint density at radius 3 is 2.84 bits per heavy atom. The quantitative estimate of drug-likeness (QED) is 0.803. The van der Waals surface area contributed by atoms with Crippen LogP contribution in [0.3, 0.4) is 0 Å². The number of nitrogens with one attached hydrogen (secondary N) is 1. The summed E-state index contributed by atoms with van der Waals surface area (Å²) in [6, 6.07) is 3.36. The van der Waals surface area contributed by atoms with Crippen molar-refractivity contribution in [2.75, 3.05) is 18.0 Å². The molecule has 1 aliphatic heterocycles. The van der Waals surface area contributed by atoms with Gasteiger partial charge in [-0.15, -0.1) is 0 Å². The number of hydrogen-bond donors (Lipinski definition) is 2. The van der Waals surface area contributed by atoms with E-state index in [1.54, 1.807) is 12.1 Å². The van der Waals surface area contributed by atoms with Crippen molar-refractivity contribution in [2.45, 2.75) is 24.5 Å². The van der Waals surface area contributed by atoms with E-state index in [0.29, 0.717) is 24.2 Å². The monoisotopic (exact) mass is 283 g/mol. The lowest BCUT2D eigenvalue weighted by Crippen LogP contribution is -2.35. The van der Waals surface area contributed by atoms with Gasteiger partial charge < -0.3 is 11.1 Å². The molecule has 1 aromatic heterocycles. The van der Waals surface area contributed by atoms with Crippen molar-refractivity contribution in [1.29, 1.82) is 0 Å². The van der Waals surface area contributed by atoms with E-state index >= 15 is 0 Å². The number of sulfone groups is 1. The highest BCUT2D eigenvalue weighted by molar-refractivity contribution is 7.92. The molecule has 2 heterocycles. The standard InChI is InChI=1S/C12H17N3O3S/c13-9-3-4-10(14-7-9)6-12(16)15-8-11-2-1-5-19(11,17)18/h3-4,7,11H,1-2,5-6,8,13H2,(H,15,16). The van der Waals surface area contributed by atoms with Crippen molar-refractivity contribution in [1.82, 2.24) is 10.3 Å². The van der Waals surface area contributed by atoms with E-state index in [4.69, 9.17) is 5.73 Å². The number of hydrogen-bond acceptors (Lipinski definition) is 5. The van der Waals surface area contributed by atoms with Gasteiger partial charge in [0.25, 0.3) is 0 Å². The third kappa shape index (κ3) is 3.66. The number of nitrogens with two attached hydrogens (primary N) is 1. The maximum atomic E-state index is 11.7. The van der Waals surface area contributed by atoms with Crippen LogP contribution in [0.1, 0.15) is 18.5 Å². The van der Waals surface area contributed by atoms with E-state index in [1.807, 2.05) is 0 Å². The van der Waals surface area contributed by atoms with Gasteiger partial charge in [0.15, 0.2) is 9.84 Å². The molecule has 1 amide bonds. The first-order chi connectivity index (χ1) is 8.97. The fourth-order valence-corrected chi connectivity index (χ4v) is 3.85. The first-order valence-electron chi connectivity index (χ1n) is 6.16. The lowest BCUT2D eigenvalue weighted by atomic mass is 10.2. The normalized spacial score (nSPS) is 21.2. The molecule has 3 N–H and O–H groups in total. The maximum absolute atomic E-state index is 11.7. The summed E-state index contributed by atoms with van der Waals surface area (Å²) in [6.45, 7) is 0.191. The minimum absolute atomic E-state index is 0.132. The molecule has 0 bridgehead atoms. The van der Waals surface area contributed by atoms with Crippen LogP contribution in [0.5, 0.6) is 0 Å². The van der Waals surface area contributed by atoms with Gasteiger partial charge in [-0.2, -0.15) is 0 Å². The lowest BCUT2D eigenvalue weighted by Gasteiger charge is -2.10. The number of amides is 1. The van der Waals surface area contributed by atoms with E-state index in [-0.39, 0.29) is 24.6 Å². The SMILES string of the molecule is Nc1ccc(CC(=O)NCC2CCCS2(=O)=O)nc1. The summed E-state index contributed by atoms with van der Waals surface area (Å²) in [5.41, 5.74) is 6.65. The Bertz CT molecular complexity index is 554. The van der Waals surface area contributed by atoms with Gasteiger partial charge in [0, 0.05) is 12.2 Å². The molecule has 0 radical (unpaired) electrons. The van der Waals surface area contributed by atoms with Crippen molar-refractivity contribution in [2.24, 2.45) is 0 Å². The van der Waals surface area contributed by atoms with Crippen LogP contribution in [-0.4, -0.2) is 36.9 Å². The lowest BCUT2D eigenvalue weighted by molar-refractivity contribution is -0.120. The molecular weight excluding hydrogens is 266 g/mol. The number of aromatic nitrogens is 1. The number of rotatable bonds is 4. The first kappa shape index (κ1) is 13.8. The highest BCUT2D eigenvalue weighted by Crippen LogP contribution is 2.18. The molecule has 104 valence electrons. The van der Waals surface area contributed by atoms with Crippen molar-refractivity contribution in [3.8, 4) is 0 Å². The van der Waals surface area contributed by atoms with Crippen LogP contribution in [0.25, 0.3) is 0 Å². The second-order valence-electron chi connectivity index (χ2n) is 4.69. The molecule has 1 atom stereocenters. The van der Waals surface area contributed by atoms with Crippen molar-refractivity contribution < 1.29 is 13.2 Å². The highest BCUT2D eigenvalue weighted by Gasteiger charge is 2.31. The molecule has 7 heteroatoms. The Labute approximate surface area is 112 Å². The first-order valence-corrected chi connectivity index (χ1v) is 7.87. The van der Waals surface area contributed by atoms with Gasteiger partial charge in [-0.25, -0.2) is 8.42 Å². The summed E-state index contributed by atoms with van der Waals surface area (Å²) in [7, 11) is -3.01. The molecule has 1 saturated heterocycles. The van der Waals surface area contributed by atoms with Gasteiger partial charge in [-0.05, 0) is 25.0 Å². The largest absolute Gasteiger partial charge is 0.397 e.